The maximum absolute atomic E-state index is 14.0. The first-order valence-electron chi connectivity index (χ1n) is 6.37. The third-order valence-electron chi connectivity index (χ3n) is 3.19. The largest absolute Gasteiger partial charge is 0.337 e. The molecule has 0 unspecified atom stereocenters. The second-order valence-corrected chi connectivity index (χ2v) is 5.03. The number of halogens is 4. The number of nitrogens with one attached hydrogen (secondary N) is 1. The first-order valence-corrected chi connectivity index (χ1v) is 6.75. The molecular weight excluding hydrogens is 349 g/mol. The van der Waals surface area contributed by atoms with Gasteiger partial charge in [0, 0.05) is 12.1 Å². The third-order valence-corrected chi connectivity index (χ3v) is 3.54. The van der Waals surface area contributed by atoms with Gasteiger partial charge in [0.1, 0.15) is 23.0 Å². The Balaban J connectivity index is 2.15. The van der Waals surface area contributed by atoms with E-state index >= 15 is 0 Å². The van der Waals surface area contributed by atoms with Crippen LogP contribution in [-0.4, -0.2) is 14.9 Å². The monoisotopic (exact) mass is 354 g/mol. The van der Waals surface area contributed by atoms with Gasteiger partial charge < -0.3 is 5.32 Å². The van der Waals surface area contributed by atoms with E-state index in [2.05, 4.69) is 15.3 Å². The van der Waals surface area contributed by atoms with Crippen LogP contribution in [0.15, 0.2) is 30.6 Å². The molecule has 0 fully saturated rings. The summed E-state index contributed by atoms with van der Waals surface area (Å²) >= 11 is 5.49. The Morgan fingerprint density at radius 1 is 1.12 bits per heavy atom. The molecule has 0 aliphatic carbocycles. The van der Waals surface area contributed by atoms with E-state index in [0.29, 0.717) is 0 Å². The van der Waals surface area contributed by atoms with E-state index in [4.69, 9.17) is 11.6 Å². The van der Waals surface area contributed by atoms with Crippen LogP contribution in [0.4, 0.5) is 30.4 Å². The van der Waals surface area contributed by atoms with E-state index in [0.717, 1.165) is 30.6 Å². The Kier molecular flexibility index (Phi) is 3.94. The van der Waals surface area contributed by atoms with Crippen molar-refractivity contribution in [3.8, 4) is 0 Å². The molecule has 0 radical (unpaired) electrons. The highest BCUT2D eigenvalue weighted by atomic mass is 35.5. The molecule has 6 nitrogen and oxygen atoms in total. The van der Waals surface area contributed by atoms with Gasteiger partial charge in [-0.3, -0.25) is 10.1 Å². The Hall–Kier alpha value is -2.94. The van der Waals surface area contributed by atoms with Crippen LogP contribution in [0, 0.1) is 27.6 Å². The van der Waals surface area contributed by atoms with Gasteiger partial charge in [-0.25, -0.2) is 18.7 Å². The number of anilines is 2. The number of rotatable bonds is 3. The van der Waals surface area contributed by atoms with E-state index in [9.17, 15) is 23.3 Å². The maximum atomic E-state index is 14.0. The first-order chi connectivity index (χ1) is 11.4. The number of hydrogen-bond donors (Lipinski definition) is 1. The molecule has 1 N–H and O–H groups in total. The van der Waals surface area contributed by atoms with Gasteiger partial charge in [0.2, 0.25) is 5.82 Å². The fraction of sp³-hybridized carbons (Fsp3) is 0. The molecule has 24 heavy (non-hydrogen) atoms. The number of nitrogens with zero attached hydrogens (tertiary/aromatic N) is 3. The van der Waals surface area contributed by atoms with Crippen molar-refractivity contribution in [1.29, 1.82) is 0 Å². The number of hydrogen-bond acceptors (Lipinski definition) is 5. The van der Waals surface area contributed by atoms with E-state index in [1.54, 1.807) is 0 Å². The Morgan fingerprint density at radius 3 is 2.58 bits per heavy atom. The molecule has 0 bridgehead atoms. The number of fused-ring (bicyclic) bond motifs is 1. The van der Waals surface area contributed by atoms with Crippen molar-refractivity contribution in [2.75, 3.05) is 5.32 Å². The van der Waals surface area contributed by atoms with Crippen molar-refractivity contribution in [3.63, 3.8) is 0 Å². The normalized spacial score (nSPS) is 10.8. The summed E-state index contributed by atoms with van der Waals surface area (Å²) in [5.74, 6) is -3.08. The summed E-state index contributed by atoms with van der Waals surface area (Å²) < 4.78 is 40.8. The van der Waals surface area contributed by atoms with Crippen LogP contribution >= 0.6 is 11.6 Å². The molecule has 0 aliphatic rings. The number of aromatic nitrogens is 2. The maximum Gasteiger partial charge on any atom is 0.305 e. The summed E-state index contributed by atoms with van der Waals surface area (Å²) in [6, 6.07) is 3.83. The molecule has 0 saturated heterocycles. The molecule has 2 aromatic carbocycles. The van der Waals surface area contributed by atoms with Crippen molar-refractivity contribution >= 4 is 39.7 Å². The SMILES string of the molecule is O=[N+]([O-])c1cc2c(Nc3ccc(F)c(Cl)c3F)ncnc2cc1F. The van der Waals surface area contributed by atoms with Gasteiger partial charge in [-0.15, -0.1) is 0 Å². The van der Waals surface area contributed by atoms with Gasteiger partial charge in [-0.2, -0.15) is 4.39 Å². The molecule has 1 heterocycles. The van der Waals surface area contributed by atoms with Crippen molar-refractivity contribution in [3.05, 3.63) is 63.2 Å². The van der Waals surface area contributed by atoms with E-state index in [1.165, 1.54) is 0 Å². The topological polar surface area (TPSA) is 81.0 Å². The standard InChI is InChI=1S/C14H6ClF3N4O2/c15-12-7(16)1-2-9(13(12)18)21-14-6-3-11(22(23)24)8(17)4-10(6)19-5-20-14/h1-5H,(H,19,20,21). The quantitative estimate of drug-likeness (QED) is 0.429. The molecular formula is C14H6ClF3N4O2. The fourth-order valence-electron chi connectivity index (χ4n) is 2.06. The Labute approximate surface area is 137 Å². The second-order valence-electron chi connectivity index (χ2n) is 4.65. The lowest BCUT2D eigenvalue weighted by atomic mass is 10.2. The zero-order valence-electron chi connectivity index (χ0n) is 11.6. The van der Waals surface area contributed by atoms with E-state index in [1.807, 2.05) is 0 Å². The van der Waals surface area contributed by atoms with Gasteiger partial charge in [-0.05, 0) is 12.1 Å². The summed E-state index contributed by atoms with van der Waals surface area (Å²) in [6.07, 6.45) is 1.07. The first kappa shape index (κ1) is 15.9. The van der Waals surface area contributed by atoms with Gasteiger partial charge in [0.25, 0.3) is 0 Å². The Morgan fingerprint density at radius 2 is 1.88 bits per heavy atom. The number of nitro groups is 1. The van der Waals surface area contributed by atoms with Crippen molar-refractivity contribution < 1.29 is 18.1 Å². The molecule has 0 atom stereocenters. The van der Waals surface area contributed by atoms with Gasteiger partial charge in [0.05, 0.1) is 21.5 Å². The Bertz CT molecular complexity index is 984. The highest BCUT2D eigenvalue weighted by molar-refractivity contribution is 6.31. The minimum atomic E-state index is -1.06. The molecule has 1 aromatic heterocycles. The summed E-state index contributed by atoms with van der Waals surface area (Å²) in [6.45, 7) is 0. The van der Waals surface area contributed by atoms with Crippen molar-refractivity contribution in [2.45, 2.75) is 0 Å². The molecule has 0 saturated carbocycles. The van der Waals surface area contributed by atoms with Crippen molar-refractivity contribution in [2.24, 2.45) is 0 Å². The van der Waals surface area contributed by atoms with Gasteiger partial charge >= 0.3 is 5.69 Å². The second kappa shape index (κ2) is 5.93. The average Bonchev–Trinajstić information content (AvgIpc) is 2.54. The lowest BCUT2D eigenvalue weighted by molar-refractivity contribution is -0.387. The van der Waals surface area contributed by atoms with Gasteiger partial charge in [-0.1, -0.05) is 11.6 Å². The smallest absolute Gasteiger partial charge is 0.305 e. The number of nitro benzene ring substituents is 1. The summed E-state index contributed by atoms with van der Waals surface area (Å²) in [7, 11) is 0. The van der Waals surface area contributed by atoms with Crippen LogP contribution < -0.4 is 5.32 Å². The molecule has 0 amide bonds. The van der Waals surface area contributed by atoms with Crippen LogP contribution in [0.5, 0.6) is 0 Å². The molecule has 122 valence electrons. The fourth-order valence-corrected chi connectivity index (χ4v) is 2.22. The summed E-state index contributed by atoms with van der Waals surface area (Å²) in [4.78, 5) is 17.6. The highest BCUT2D eigenvalue weighted by Crippen LogP contribution is 2.31. The van der Waals surface area contributed by atoms with Crippen LogP contribution in [-0.2, 0) is 0 Å². The molecule has 0 spiro atoms. The zero-order chi connectivity index (χ0) is 17.4. The van der Waals surface area contributed by atoms with Gasteiger partial charge in [0.15, 0.2) is 5.82 Å². The zero-order valence-corrected chi connectivity index (χ0v) is 12.3. The lowest BCUT2D eigenvalue weighted by Crippen LogP contribution is -2.01. The average molecular weight is 355 g/mol. The van der Waals surface area contributed by atoms with Crippen LogP contribution in [0.3, 0.4) is 0 Å². The summed E-state index contributed by atoms with van der Waals surface area (Å²) in [5.41, 5.74) is -0.907. The molecule has 0 aliphatic heterocycles. The predicted molar refractivity (Wildman–Crippen MR) is 80.8 cm³/mol. The van der Waals surface area contributed by atoms with E-state index < -0.39 is 33.1 Å². The van der Waals surface area contributed by atoms with Crippen molar-refractivity contribution in [1.82, 2.24) is 9.97 Å². The molecule has 10 heteroatoms. The molecule has 3 rings (SSSR count). The molecule has 3 aromatic rings. The summed E-state index contributed by atoms with van der Waals surface area (Å²) in [5, 5.41) is 12.8. The predicted octanol–water partition coefficient (Wildman–Crippen LogP) is 4.35. The van der Waals surface area contributed by atoms with Crippen LogP contribution in [0.25, 0.3) is 10.9 Å². The third kappa shape index (κ3) is 2.69. The van der Waals surface area contributed by atoms with Crippen LogP contribution in [0.2, 0.25) is 5.02 Å². The van der Waals surface area contributed by atoms with E-state index in [-0.39, 0.29) is 22.4 Å². The minimum absolute atomic E-state index is 0.0234. The van der Waals surface area contributed by atoms with Crippen LogP contribution in [0.1, 0.15) is 0 Å². The lowest BCUT2D eigenvalue weighted by Gasteiger charge is -2.10. The minimum Gasteiger partial charge on any atom is -0.337 e. The number of benzene rings is 2. The highest BCUT2D eigenvalue weighted by Gasteiger charge is 2.19.